The first-order valence-corrected chi connectivity index (χ1v) is 5.48. The van der Waals surface area contributed by atoms with E-state index in [2.05, 4.69) is 4.98 Å². The Morgan fingerprint density at radius 3 is 2.71 bits per heavy atom. The third kappa shape index (κ3) is 2.91. The van der Waals surface area contributed by atoms with Crippen LogP contribution in [0.2, 0.25) is 0 Å². The molecule has 2 rings (SSSR count). The van der Waals surface area contributed by atoms with Crippen LogP contribution in [0.15, 0.2) is 34.9 Å². The quantitative estimate of drug-likeness (QED) is 0.885. The largest absolute Gasteiger partial charge is 0.448 e. The van der Waals surface area contributed by atoms with Crippen molar-refractivity contribution in [1.29, 1.82) is 0 Å². The average Bonchev–Trinajstić information content (AvgIpc) is 2.80. The minimum atomic E-state index is -0.254. The molecule has 1 N–H and O–H groups in total. The molecule has 0 radical (unpaired) electrons. The molecule has 1 atom stereocenters. The van der Waals surface area contributed by atoms with Crippen LogP contribution in [0, 0.1) is 5.82 Å². The molecule has 0 aliphatic rings. The van der Waals surface area contributed by atoms with Gasteiger partial charge in [-0.15, -0.1) is 0 Å². The SMILES string of the molecule is CC(CO)c1coc(Cc2ccc(F)cc2)n1. The lowest BCUT2D eigenvalue weighted by atomic mass is 10.1. The van der Waals surface area contributed by atoms with Crippen molar-refractivity contribution in [1.82, 2.24) is 4.98 Å². The zero-order chi connectivity index (χ0) is 12.3. The summed E-state index contributed by atoms with van der Waals surface area (Å²) in [6, 6.07) is 6.23. The van der Waals surface area contributed by atoms with Crippen molar-refractivity contribution in [2.24, 2.45) is 0 Å². The highest BCUT2D eigenvalue weighted by atomic mass is 19.1. The number of nitrogens with zero attached hydrogens (tertiary/aromatic N) is 1. The van der Waals surface area contributed by atoms with E-state index in [-0.39, 0.29) is 18.3 Å². The van der Waals surface area contributed by atoms with Crippen molar-refractivity contribution >= 4 is 0 Å². The summed E-state index contributed by atoms with van der Waals surface area (Å²) in [6.45, 7) is 1.92. The number of aromatic nitrogens is 1. The first kappa shape index (κ1) is 11.8. The Labute approximate surface area is 98.9 Å². The van der Waals surface area contributed by atoms with Gasteiger partial charge in [-0.2, -0.15) is 0 Å². The zero-order valence-electron chi connectivity index (χ0n) is 9.56. The lowest BCUT2D eigenvalue weighted by Crippen LogP contribution is -1.99. The number of aliphatic hydroxyl groups excluding tert-OH is 1. The van der Waals surface area contributed by atoms with E-state index in [0.29, 0.717) is 12.3 Å². The van der Waals surface area contributed by atoms with Crippen LogP contribution < -0.4 is 0 Å². The highest BCUT2D eigenvalue weighted by Gasteiger charge is 2.10. The Hall–Kier alpha value is -1.68. The molecule has 0 aliphatic heterocycles. The van der Waals surface area contributed by atoms with Gasteiger partial charge in [0.25, 0.3) is 0 Å². The number of benzene rings is 1. The molecule has 3 nitrogen and oxygen atoms in total. The summed E-state index contributed by atoms with van der Waals surface area (Å²) in [5.74, 6) is 0.295. The fraction of sp³-hybridized carbons (Fsp3) is 0.308. The second-order valence-corrected chi connectivity index (χ2v) is 4.05. The molecule has 1 unspecified atom stereocenters. The Balaban J connectivity index is 2.08. The van der Waals surface area contributed by atoms with Gasteiger partial charge in [-0.1, -0.05) is 19.1 Å². The van der Waals surface area contributed by atoms with Gasteiger partial charge in [-0.3, -0.25) is 0 Å². The molecule has 0 aliphatic carbocycles. The predicted octanol–water partition coefficient (Wildman–Crippen LogP) is 2.50. The molecule has 0 saturated heterocycles. The Kier molecular flexibility index (Phi) is 3.54. The van der Waals surface area contributed by atoms with Crippen LogP contribution in [-0.4, -0.2) is 16.7 Å². The molecule has 17 heavy (non-hydrogen) atoms. The molecule has 0 spiro atoms. The van der Waals surface area contributed by atoms with Gasteiger partial charge in [0.05, 0.1) is 12.3 Å². The van der Waals surface area contributed by atoms with Gasteiger partial charge in [0.2, 0.25) is 0 Å². The number of aliphatic hydroxyl groups is 1. The van der Waals surface area contributed by atoms with Crippen LogP contribution >= 0.6 is 0 Å². The summed E-state index contributed by atoms with van der Waals surface area (Å²) in [5, 5.41) is 8.99. The van der Waals surface area contributed by atoms with Crippen molar-refractivity contribution in [3.05, 3.63) is 53.5 Å². The van der Waals surface area contributed by atoms with E-state index < -0.39 is 0 Å². The predicted molar refractivity (Wildman–Crippen MR) is 61.2 cm³/mol. The van der Waals surface area contributed by atoms with E-state index in [4.69, 9.17) is 9.52 Å². The number of hydrogen-bond acceptors (Lipinski definition) is 3. The fourth-order valence-electron chi connectivity index (χ4n) is 1.50. The van der Waals surface area contributed by atoms with Crippen LogP contribution in [0.4, 0.5) is 4.39 Å². The van der Waals surface area contributed by atoms with Gasteiger partial charge in [0.1, 0.15) is 12.1 Å². The maximum absolute atomic E-state index is 12.7. The summed E-state index contributed by atoms with van der Waals surface area (Å²) in [4.78, 5) is 4.28. The molecule has 90 valence electrons. The summed E-state index contributed by atoms with van der Waals surface area (Å²) < 4.78 is 18.0. The van der Waals surface area contributed by atoms with Gasteiger partial charge in [0, 0.05) is 12.3 Å². The van der Waals surface area contributed by atoms with Crippen molar-refractivity contribution in [2.75, 3.05) is 6.61 Å². The number of hydrogen-bond donors (Lipinski definition) is 1. The molecule has 0 fully saturated rings. The molecule has 1 aromatic carbocycles. The molecule has 0 bridgehead atoms. The Bertz CT molecular complexity index is 478. The first-order chi connectivity index (χ1) is 8.19. The first-order valence-electron chi connectivity index (χ1n) is 5.48. The summed E-state index contributed by atoms with van der Waals surface area (Å²) in [6.07, 6.45) is 2.08. The maximum Gasteiger partial charge on any atom is 0.198 e. The molecule has 0 saturated carbocycles. The average molecular weight is 235 g/mol. The van der Waals surface area contributed by atoms with Gasteiger partial charge < -0.3 is 9.52 Å². The van der Waals surface area contributed by atoms with Crippen molar-refractivity contribution in [2.45, 2.75) is 19.3 Å². The van der Waals surface area contributed by atoms with Crippen LogP contribution in [0.25, 0.3) is 0 Å². The minimum Gasteiger partial charge on any atom is -0.448 e. The third-order valence-electron chi connectivity index (χ3n) is 2.62. The number of halogens is 1. The van der Waals surface area contributed by atoms with Gasteiger partial charge in [-0.25, -0.2) is 9.37 Å². The molecular formula is C13H14FNO2. The van der Waals surface area contributed by atoms with Gasteiger partial charge >= 0.3 is 0 Å². The van der Waals surface area contributed by atoms with Crippen LogP contribution in [-0.2, 0) is 6.42 Å². The number of oxazole rings is 1. The Morgan fingerprint density at radius 2 is 2.06 bits per heavy atom. The molecule has 1 aromatic heterocycles. The molecule has 2 aromatic rings. The van der Waals surface area contributed by atoms with E-state index in [9.17, 15) is 4.39 Å². The maximum atomic E-state index is 12.7. The summed E-state index contributed by atoms with van der Waals surface area (Å²) in [7, 11) is 0. The van der Waals surface area contributed by atoms with E-state index in [1.807, 2.05) is 6.92 Å². The van der Waals surface area contributed by atoms with Crippen LogP contribution in [0.5, 0.6) is 0 Å². The Morgan fingerprint density at radius 1 is 1.35 bits per heavy atom. The second kappa shape index (κ2) is 5.10. The van der Waals surface area contributed by atoms with Gasteiger partial charge in [-0.05, 0) is 17.7 Å². The van der Waals surface area contributed by atoms with Crippen molar-refractivity contribution in [3.63, 3.8) is 0 Å². The normalized spacial score (nSPS) is 12.6. The van der Waals surface area contributed by atoms with Crippen LogP contribution in [0.3, 0.4) is 0 Å². The zero-order valence-corrected chi connectivity index (χ0v) is 9.56. The van der Waals surface area contributed by atoms with E-state index in [1.165, 1.54) is 12.1 Å². The highest BCUT2D eigenvalue weighted by Crippen LogP contribution is 2.16. The van der Waals surface area contributed by atoms with Crippen molar-refractivity contribution < 1.29 is 13.9 Å². The van der Waals surface area contributed by atoms with E-state index >= 15 is 0 Å². The minimum absolute atomic E-state index is 0.0271. The lowest BCUT2D eigenvalue weighted by molar-refractivity contribution is 0.271. The summed E-state index contributed by atoms with van der Waals surface area (Å²) in [5.41, 5.74) is 1.68. The number of rotatable bonds is 4. The monoisotopic (exact) mass is 235 g/mol. The molecule has 1 heterocycles. The standard InChI is InChI=1S/C13H14FNO2/c1-9(7-16)12-8-17-13(15-12)6-10-2-4-11(14)5-3-10/h2-5,8-9,16H,6-7H2,1H3. The molecule has 0 amide bonds. The second-order valence-electron chi connectivity index (χ2n) is 4.05. The molecule has 4 heteroatoms. The smallest absolute Gasteiger partial charge is 0.198 e. The third-order valence-corrected chi connectivity index (χ3v) is 2.62. The van der Waals surface area contributed by atoms with Crippen LogP contribution in [0.1, 0.15) is 30.0 Å². The van der Waals surface area contributed by atoms with Gasteiger partial charge in [0.15, 0.2) is 5.89 Å². The van der Waals surface area contributed by atoms with E-state index in [1.54, 1.807) is 18.4 Å². The topological polar surface area (TPSA) is 46.3 Å². The highest BCUT2D eigenvalue weighted by molar-refractivity contribution is 5.19. The van der Waals surface area contributed by atoms with Crippen molar-refractivity contribution in [3.8, 4) is 0 Å². The van der Waals surface area contributed by atoms with E-state index in [0.717, 1.165) is 11.3 Å². The fourth-order valence-corrected chi connectivity index (χ4v) is 1.50. The lowest BCUT2D eigenvalue weighted by Gasteiger charge is -2.00. The molecular weight excluding hydrogens is 221 g/mol. The summed E-state index contributed by atoms with van der Waals surface area (Å²) >= 11 is 0.